The van der Waals surface area contributed by atoms with E-state index in [-0.39, 0.29) is 15.7 Å². The Morgan fingerprint density at radius 3 is 2.63 bits per heavy atom. The number of likely N-dealkylation sites (tertiary alicyclic amines) is 1. The topological polar surface area (TPSA) is 55.6 Å². The lowest BCUT2D eigenvalue weighted by Gasteiger charge is -2.14. The van der Waals surface area contributed by atoms with Crippen LogP contribution < -0.4 is 5.73 Å². The molecule has 1 heterocycles. The van der Waals surface area contributed by atoms with Crippen molar-refractivity contribution < 1.29 is 9.53 Å². The van der Waals surface area contributed by atoms with E-state index in [1.165, 1.54) is 25.0 Å². The molecule has 1 aromatic rings. The summed E-state index contributed by atoms with van der Waals surface area (Å²) in [6, 6.07) is 2.95. The van der Waals surface area contributed by atoms with E-state index in [9.17, 15) is 4.79 Å². The summed E-state index contributed by atoms with van der Waals surface area (Å²) in [4.78, 5) is 14.1. The molecule has 0 amide bonds. The van der Waals surface area contributed by atoms with Crippen molar-refractivity contribution >= 4 is 34.9 Å². The number of nitrogens with two attached hydrogens (primary N) is 1. The molecule has 2 N–H and O–H groups in total. The minimum atomic E-state index is -0.426. The molecule has 0 aliphatic carbocycles. The van der Waals surface area contributed by atoms with Crippen molar-refractivity contribution in [1.29, 1.82) is 0 Å². The number of benzene rings is 1. The Labute approximate surface area is 122 Å². The number of halogens is 2. The summed E-state index contributed by atoms with van der Waals surface area (Å²) >= 11 is 11.7. The molecule has 1 aliphatic heterocycles. The number of nitrogens with zero attached hydrogens (tertiary/aromatic N) is 1. The number of hydrogen-bond donors (Lipinski definition) is 1. The average molecular weight is 303 g/mol. The van der Waals surface area contributed by atoms with E-state index >= 15 is 0 Å². The Morgan fingerprint density at radius 1 is 1.32 bits per heavy atom. The molecule has 1 saturated heterocycles. The second-order valence-corrected chi connectivity index (χ2v) is 5.33. The first-order chi connectivity index (χ1) is 9.08. The molecule has 1 aliphatic rings. The van der Waals surface area contributed by atoms with E-state index in [2.05, 4.69) is 4.90 Å². The van der Waals surface area contributed by atoms with Gasteiger partial charge in [0.15, 0.2) is 0 Å². The van der Waals surface area contributed by atoms with Crippen LogP contribution in [0.5, 0.6) is 0 Å². The highest BCUT2D eigenvalue weighted by molar-refractivity contribution is 6.43. The molecule has 2 rings (SSSR count). The fourth-order valence-corrected chi connectivity index (χ4v) is 2.42. The largest absolute Gasteiger partial charge is 0.461 e. The number of nitrogen functional groups attached to an aromatic ring is 1. The Bertz CT molecular complexity index is 451. The van der Waals surface area contributed by atoms with Crippen LogP contribution in [0.4, 0.5) is 5.69 Å². The van der Waals surface area contributed by atoms with Gasteiger partial charge in [0.2, 0.25) is 0 Å². The molecule has 6 heteroatoms. The van der Waals surface area contributed by atoms with Crippen LogP contribution in [0.1, 0.15) is 23.2 Å². The molecule has 0 bridgehead atoms. The zero-order valence-electron chi connectivity index (χ0n) is 10.5. The smallest absolute Gasteiger partial charge is 0.338 e. The maximum absolute atomic E-state index is 11.8. The number of carbonyl (C=O) groups is 1. The third-order valence-corrected chi connectivity index (χ3v) is 3.95. The number of hydrogen-bond acceptors (Lipinski definition) is 4. The highest BCUT2D eigenvalue weighted by Gasteiger charge is 2.14. The average Bonchev–Trinajstić information content (AvgIpc) is 2.88. The standard InChI is InChI=1S/C13H16Cl2N2O2/c14-10-7-9(8-11(16)12(10)15)13(18)19-6-5-17-3-1-2-4-17/h7-8H,1-6,16H2. The molecule has 0 radical (unpaired) electrons. The Balaban J connectivity index is 1.88. The summed E-state index contributed by atoms with van der Waals surface area (Å²) in [5.41, 5.74) is 6.26. The second kappa shape index (κ2) is 6.46. The Morgan fingerprint density at radius 2 is 2.00 bits per heavy atom. The van der Waals surface area contributed by atoms with Crippen LogP contribution in [0.2, 0.25) is 10.0 Å². The van der Waals surface area contributed by atoms with Gasteiger partial charge in [-0.1, -0.05) is 23.2 Å². The lowest BCUT2D eigenvalue weighted by atomic mass is 10.2. The van der Waals surface area contributed by atoms with Crippen LogP contribution in [0.25, 0.3) is 0 Å². The fraction of sp³-hybridized carbons (Fsp3) is 0.462. The lowest BCUT2D eigenvalue weighted by molar-refractivity contribution is 0.0472. The van der Waals surface area contributed by atoms with Crippen LogP contribution in [-0.4, -0.2) is 37.1 Å². The van der Waals surface area contributed by atoms with Gasteiger partial charge in [-0.2, -0.15) is 0 Å². The molecule has 4 nitrogen and oxygen atoms in total. The van der Waals surface area contributed by atoms with E-state index in [1.54, 1.807) is 0 Å². The summed E-state index contributed by atoms with van der Waals surface area (Å²) < 4.78 is 5.20. The molecule has 1 fully saturated rings. The molecular formula is C13H16Cl2N2O2. The minimum Gasteiger partial charge on any atom is -0.461 e. The van der Waals surface area contributed by atoms with Gasteiger partial charge in [0.25, 0.3) is 0 Å². The molecule has 0 aromatic heterocycles. The van der Waals surface area contributed by atoms with Gasteiger partial charge in [0.1, 0.15) is 6.61 Å². The van der Waals surface area contributed by atoms with E-state index in [0.717, 1.165) is 19.6 Å². The van der Waals surface area contributed by atoms with Crippen molar-refractivity contribution in [3.8, 4) is 0 Å². The quantitative estimate of drug-likeness (QED) is 0.686. The number of ether oxygens (including phenoxy) is 1. The second-order valence-electron chi connectivity index (χ2n) is 4.55. The van der Waals surface area contributed by atoms with E-state index in [1.807, 2.05) is 0 Å². The molecule has 104 valence electrons. The number of carbonyl (C=O) groups excluding carboxylic acids is 1. The van der Waals surface area contributed by atoms with E-state index in [4.69, 9.17) is 33.7 Å². The van der Waals surface area contributed by atoms with E-state index in [0.29, 0.717) is 12.2 Å². The SMILES string of the molecule is Nc1cc(C(=O)OCCN2CCCC2)cc(Cl)c1Cl. The Hall–Kier alpha value is -0.970. The first-order valence-corrected chi connectivity index (χ1v) is 6.97. The van der Waals surface area contributed by atoms with Gasteiger partial charge in [0.05, 0.1) is 21.3 Å². The summed E-state index contributed by atoms with van der Waals surface area (Å²) in [5, 5.41) is 0.517. The highest BCUT2D eigenvalue weighted by Crippen LogP contribution is 2.29. The van der Waals surface area contributed by atoms with Gasteiger partial charge >= 0.3 is 5.97 Å². The van der Waals surface area contributed by atoms with Crippen LogP contribution in [0, 0.1) is 0 Å². The number of rotatable bonds is 4. The van der Waals surface area contributed by atoms with Crippen molar-refractivity contribution in [3.05, 3.63) is 27.7 Å². The molecule has 0 unspecified atom stereocenters. The molecule has 0 atom stereocenters. The molecular weight excluding hydrogens is 287 g/mol. The van der Waals surface area contributed by atoms with Crippen molar-refractivity contribution in [1.82, 2.24) is 4.90 Å². The van der Waals surface area contributed by atoms with Crippen molar-refractivity contribution in [2.24, 2.45) is 0 Å². The number of anilines is 1. The number of esters is 1. The fourth-order valence-electron chi connectivity index (χ4n) is 2.09. The van der Waals surface area contributed by atoms with Crippen LogP contribution in [-0.2, 0) is 4.74 Å². The lowest BCUT2D eigenvalue weighted by Crippen LogP contribution is -2.25. The summed E-state index contributed by atoms with van der Waals surface area (Å²) in [6.45, 7) is 3.30. The molecule has 19 heavy (non-hydrogen) atoms. The van der Waals surface area contributed by atoms with Crippen LogP contribution >= 0.6 is 23.2 Å². The van der Waals surface area contributed by atoms with Crippen molar-refractivity contribution in [3.63, 3.8) is 0 Å². The first kappa shape index (κ1) is 14.4. The van der Waals surface area contributed by atoms with Gasteiger partial charge < -0.3 is 10.5 Å². The third-order valence-electron chi connectivity index (χ3n) is 3.13. The summed E-state index contributed by atoms with van der Waals surface area (Å²) in [6.07, 6.45) is 2.44. The predicted molar refractivity (Wildman–Crippen MR) is 76.8 cm³/mol. The van der Waals surface area contributed by atoms with Gasteiger partial charge in [-0.15, -0.1) is 0 Å². The van der Waals surface area contributed by atoms with Crippen molar-refractivity contribution in [2.75, 3.05) is 32.0 Å². The Kier molecular flexibility index (Phi) is 4.91. The van der Waals surface area contributed by atoms with Gasteiger partial charge in [0, 0.05) is 6.54 Å². The van der Waals surface area contributed by atoms with Gasteiger partial charge in [-0.25, -0.2) is 4.79 Å². The molecule has 0 spiro atoms. The third kappa shape index (κ3) is 3.75. The summed E-state index contributed by atoms with van der Waals surface area (Å²) in [7, 11) is 0. The molecule has 1 aromatic carbocycles. The maximum Gasteiger partial charge on any atom is 0.338 e. The minimum absolute atomic E-state index is 0.258. The zero-order valence-corrected chi connectivity index (χ0v) is 12.0. The normalized spacial score (nSPS) is 15.7. The van der Waals surface area contributed by atoms with E-state index < -0.39 is 5.97 Å². The monoisotopic (exact) mass is 302 g/mol. The highest BCUT2D eigenvalue weighted by atomic mass is 35.5. The first-order valence-electron chi connectivity index (χ1n) is 6.22. The van der Waals surface area contributed by atoms with Gasteiger partial charge in [-0.3, -0.25) is 4.90 Å². The molecule has 0 saturated carbocycles. The maximum atomic E-state index is 11.8. The van der Waals surface area contributed by atoms with Crippen LogP contribution in [0.15, 0.2) is 12.1 Å². The van der Waals surface area contributed by atoms with Gasteiger partial charge in [-0.05, 0) is 38.1 Å². The zero-order chi connectivity index (χ0) is 13.8. The summed E-state index contributed by atoms with van der Waals surface area (Å²) in [5.74, 6) is -0.426. The predicted octanol–water partition coefficient (Wildman–Crippen LogP) is 2.83. The van der Waals surface area contributed by atoms with Crippen LogP contribution in [0.3, 0.4) is 0 Å². The van der Waals surface area contributed by atoms with Crippen molar-refractivity contribution in [2.45, 2.75) is 12.8 Å².